The van der Waals surface area contributed by atoms with Crippen molar-refractivity contribution < 1.29 is 46.7 Å². The summed E-state index contributed by atoms with van der Waals surface area (Å²) >= 11 is 1.29. The van der Waals surface area contributed by atoms with Gasteiger partial charge in [-0.05, 0) is 41.4 Å². The van der Waals surface area contributed by atoms with Crippen LogP contribution in [-0.4, -0.2) is 50.7 Å². The Hall–Kier alpha value is -3.54. The minimum absolute atomic E-state index is 0. The van der Waals surface area contributed by atoms with E-state index in [1.165, 1.54) is 18.6 Å². The van der Waals surface area contributed by atoms with Gasteiger partial charge in [-0.1, -0.05) is 6.07 Å². The van der Waals surface area contributed by atoms with Crippen LogP contribution in [0.5, 0.6) is 23.0 Å². The van der Waals surface area contributed by atoms with Gasteiger partial charge in [-0.3, -0.25) is 9.59 Å². The van der Waals surface area contributed by atoms with Crippen molar-refractivity contribution in [1.29, 1.82) is 0 Å². The number of anilines is 1. The van der Waals surface area contributed by atoms with Gasteiger partial charge < -0.3 is 48.1 Å². The lowest BCUT2D eigenvalue weighted by Gasteiger charge is -2.15. The molecule has 2 aromatic carbocycles. The van der Waals surface area contributed by atoms with Crippen LogP contribution in [0.4, 0.5) is 5.69 Å². The highest BCUT2D eigenvalue weighted by atomic mass is 35.5. The summed E-state index contributed by atoms with van der Waals surface area (Å²) < 4.78 is 26.3. The summed E-state index contributed by atoms with van der Waals surface area (Å²) in [5.74, 6) is 0.918. The zero-order valence-corrected chi connectivity index (χ0v) is 21.3. The smallest absolute Gasteiger partial charge is 0.283 e. The molecule has 0 bridgehead atoms. The Labute approximate surface area is 213 Å². The molecule has 0 unspecified atom stereocenters. The van der Waals surface area contributed by atoms with Gasteiger partial charge in [-0.15, -0.1) is 0 Å². The molecule has 3 aromatic rings. The molecule has 188 valence electrons. The third-order valence-corrected chi connectivity index (χ3v) is 5.72. The van der Waals surface area contributed by atoms with Gasteiger partial charge >= 0.3 is 0 Å². The maximum atomic E-state index is 12.5. The van der Waals surface area contributed by atoms with Crippen molar-refractivity contribution in [2.24, 2.45) is 5.73 Å². The fourth-order valence-electron chi connectivity index (χ4n) is 3.41. The Morgan fingerprint density at radius 3 is 2.17 bits per heavy atom. The Morgan fingerprint density at radius 1 is 1.00 bits per heavy atom. The number of benzene rings is 2. The van der Waals surface area contributed by atoms with Crippen LogP contribution < -0.4 is 48.1 Å². The van der Waals surface area contributed by atoms with Gasteiger partial charge in [0.15, 0.2) is 17.5 Å². The molecule has 3 rings (SSSR count). The molecule has 0 saturated heterocycles. The molecule has 1 atom stereocenters. The molecule has 1 heterocycles. The summed E-state index contributed by atoms with van der Waals surface area (Å²) in [7, 11) is 6.15. The van der Waals surface area contributed by atoms with Crippen molar-refractivity contribution in [3.05, 3.63) is 35.7 Å². The number of carbonyl (C=O) groups excluding carboxylic acids is 2. The highest BCUT2D eigenvalue weighted by Crippen LogP contribution is 2.44. The number of nitrogens with one attached hydrogen (secondary N) is 1. The lowest BCUT2D eigenvalue weighted by Crippen LogP contribution is -3.00. The summed E-state index contributed by atoms with van der Waals surface area (Å²) in [5, 5.41) is 4.68. The summed E-state index contributed by atoms with van der Waals surface area (Å²) in [6.45, 7) is 0. The number of hydrogen-bond donors (Lipinski definition) is 3. The molecule has 0 radical (unpaired) electrons. The SMILES string of the molecule is COc1ccc(-c2csnc2-c2cc(OC)c(OC)c(OC)c2)cc1NC(=O)[C@@H]([NH3+])CC(N)=O.[Cl-]. The average molecular weight is 523 g/mol. The van der Waals surface area contributed by atoms with Crippen LogP contribution >= 0.6 is 11.5 Å². The third kappa shape index (κ3) is 6.13. The predicted octanol–water partition coefficient (Wildman–Crippen LogP) is -1.06. The van der Waals surface area contributed by atoms with Crippen LogP contribution in [0.25, 0.3) is 22.4 Å². The molecule has 0 saturated carbocycles. The van der Waals surface area contributed by atoms with Gasteiger partial charge in [0.25, 0.3) is 5.91 Å². The number of hydrogen-bond acceptors (Lipinski definition) is 8. The molecule has 10 nitrogen and oxygen atoms in total. The molecule has 12 heteroatoms. The molecule has 1 aromatic heterocycles. The van der Waals surface area contributed by atoms with Crippen molar-refractivity contribution >= 4 is 29.0 Å². The number of halogens is 1. The summed E-state index contributed by atoms with van der Waals surface area (Å²) in [4.78, 5) is 23.7. The lowest BCUT2D eigenvalue weighted by atomic mass is 10.0. The van der Waals surface area contributed by atoms with Crippen molar-refractivity contribution in [3.63, 3.8) is 0 Å². The third-order valence-electron chi connectivity index (χ3n) is 5.09. The van der Waals surface area contributed by atoms with Crippen LogP contribution in [0.2, 0.25) is 0 Å². The Morgan fingerprint density at radius 2 is 1.63 bits per heavy atom. The van der Waals surface area contributed by atoms with Crippen LogP contribution in [0.15, 0.2) is 35.7 Å². The second kappa shape index (κ2) is 12.2. The van der Waals surface area contributed by atoms with Gasteiger partial charge in [-0.2, -0.15) is 4.37 Å². The molecule has 0 aliphatic carbocycles. The van der Waals surface area contributed by atoms with Crippen LogP contribution in [0.1, 0.15) is 6.42 Å². The van der Waals surface area contributed by atoms with E-state index in [-0.39, 0.29) is 18.8 Å². The summed E-state index contributed by atoms with van der Waals surface area (Å²) in [6, 6.07) is 8.20. The number of aromatic nitrogens is 1. The van der Waals surface area contributed by atoms with E-state index < -0.39 is 17.9 Å². The van der Waals surface area contributed by atoms with Crippen molar-refractivity contribution in [2.45, 2.75) is 12.5 Å². The molecule has 0 fully saturated rings. The Kier molecular flexibility index (Phi) is 9.69. The number of amides is 2. The minimum Gasteiger partial charge on any atom is -1.00 e. The van der Waals surface area contributed by atoms with E-state index in [1.54, 1.807) is 33.5 Å². The number of ether oxygens (including phenoxy) is 4. The molecular weight excluding hydrogens is 496 g/mol. The summed E-state index contributed by atoms with van der Waals surface area (Å²) in [5.41, 5.74) is 12.4. The van der Waals surface area contributed by atoms with E-state index in [2.05, 4.69) is 15.4 Å². The zero-order chi connectivity index (χ0) is 24.8. The first kappa shape index (κ1) is 27.7. The van der Waals surface area contributed by atoms with Gasteiger partial charge in [0, 0.05) is 16.5 Å². The van der Waals surface area contributed by atoms with Crippen molar-refractivity contribution in [1.82, 2.24) is 4.37 Å². The maximum Gasteiger partial charge on any atom is 0.283 e. The minimum atomic E-state index is -0.830. The second-order valence-electron chi connectivity index (χ2n) is 7.26. The summed E-state index contributed by atoms with van der Waals surface area (Å²) in [6.07, 6.45) is -0.159. The van der Waals surface area contributed by atoms with Crippen molar-refractivity contribution in [2.75, 3.05) is 33.8 Å². The monoisotopic (exact) mass is 522 g/mol. The maximum absolute atomic E-state index is 12.5. The van der Waals surface area contributed by atoms with E-state index >= 15 is 0 Å². The standard InChI is InChI=1S/C23H26N4O6S.ClH/c1-30-17-6-5-12(7-16(17)26-23(29)15(24)10-20(25)28)14-11-34-27-21(14)13-8-18(31-2)22(33-4)19(9-13)32-3;/h5-9,11,15H,10,24H2,1-4H3,(H2,25,28)(H,26,29);1H/t15-;/m0./s1. The Balaban J connectivity index is 0.00000432. The fraction of sp³-hybridized carbons (Fsp3) is 0.261. The number of carbonyl (C=O) groups is 2. The lowest BCUT2D eigenvalue weighted by molar-refractivity contribution is -0.401. The number of quaternary nitrogens is 1. The molecule has 0 aliphatic rings. The molecule has 0 aliphatic heterocycles. The van der Waals surface area contributed by atoms with E-state index in [4.69, 9.17) is 24.7 Å². The Bertz CT molecular complexity index is 1180. The number of rotatable bonds is 10. The number of methoxy groups -OCH3 is 4. The number of nitrogens with two attached hydrogens (primary N) is 1. The van der Waals surface area contributed by atoms with Gasteiger partial charge in [0.2, 0.25) is 11.7 Å². The first-order valence-corrected chi connectivity index (χ1v) is 11.0. The van der Waals surface area contributed by atoms with Gasteiger partial charge in [0.1, 0.15) is 5.75 Å². The molecule has 0 spiro atoms. The van der Waals surface area contributed by atoms with Crippen LogP contribution in [0.3, 0.4) is 0 Å². The van der Waals surface area contributed by atoms with Crippen LogP contribution in [-0.2, 0) is 9.59 Å². The first-order chi connectivity index (χ1) is 16.3. The van der Waals surface area contributed by atoms with Crippen LogP contribution in [0, 0.1) is 0 Å². The second-order valence-corrected chi connectivity index (χ2v) is 7.89. The average Bonchev–Trinajstić information content (AvgIpc) is 3.32. The molecule has 35 heavy (non-hydrogen) atoms. The molecule has 2 amide bonds. The fourth-order valence-corrected chi connectivity index (χ4v) is 4.13. The van der Waals surface area contributed by atoms with E-state index in [1.807, 2.05) is 23.6 Å². The van der Waals surface area contributed by atoms with Crippen molar-refractivity contribution in [3.8, 4) is 45.4 Å². The quantitative estimate of drug-likeness (QED) is 0.307. The topological polar surface area (TPSA) is 150 Å². The van der Waals surface area contributed by atoms with Gasteiger partial charge in [0.05, 0.1) is 46.2 Å². The number of nitrogens with zero attached hydrogens (tertiary/aromatic N) is 1. The highest BCUT2D eigenvalue weighted by Gasteiger charge is 2.22. The molecule has 6 N–H and O–H groups in total. The largest absolute Gasteiger partial charge is 1.00 e. The van der Waals surface area contributed by atoms with Gasteiger partial charge in [-0.25, -0.2) is 0 Å². The highest BCUT2D eigenvalue weighted by molar-refractivity contribution is 7.04. The zero-order valence-electron chi connectivity index (χ0n) is 19.7. The first-order valence-electron chi connectivity index (χ1n) is 10.2. The molecular formula is C23H27ClN4O6S. The predicted molar refractivity (Wildman–Crippen MR) is 128 cm³/mol. The van der Waals surface area contributed by atoms with E-state index in [9.17, 15) is 9.59 Å². The normalized spacial score (nSPS) is 11.1. The number of primary amides is 1. The van der Waals surface area contributed by atoms with E-state index in [0.717, 1.165) is 16.7 Å². The van der Waals surface area contributed by atoms with E-state index in [0.29, 0.717) is 34.4 Å².